The van der Waals surface area contributed by atoms with Gasteiger partial charge in [0.2, 0.25) is 5.91 Å². The fourth-order valence-electron chi connectivity index (χ4n) is 6.67. The summed E-state index contributed by atoms with van der Waals surface area (Å²) in [6, 6.07) is 19.6. The first-order valence-electron chi connectivity index (χ1n) is 12.9. The first-order chi connectivity index (χ1) is 19.8. The van der Waals surface area contributed by atoms with Crippen LogP contribution in [-0.2, 0) is 10.2 Å². The minimum atomic E-state index is -1.50. The fourth-order valence-corrected chi connectivity index (χ4v) is 7.55. The van der Waals surface area contributed by atoms with E-state index in [-0.39, 0.29) is 17.0 Å². The summed E-state index contributed by atoms with van der Waals surface area (Å²) in [5.41, 5.74) is 0.902. The number of fused-ring (bicyclic) bond motifs is 6. The molecule has 1 amide bonds. The summed E-state index contributed by atoms with van der Waals surface area (Å²) in [5, 5.41) is 16.9. The number of hydrogen-bond donors (Lipinski definition) is 1. The predicted molar refractivity (Wildman–Crippen MR) is 157 cm³/mol. The highest BCUT2D eigenvalue weighted by Gasteiger charge is 2.70. The Morgan fingerprint density at radius 2 is 1.83 bits per heavy atom. The van der Waals surface area contributed by atoms with Gasteiger partial charge in [0.1, 0.15) is 11.5 Å². The van der Waals surface area contributed by atoms with Gasteiger partial charge < -0.3 is 10.2 Å². The molecule has 0 radical (unpaired) electrons. The van der Waals surface area contributed by atoms with Crippen LogP contribution < -0.4 is 10.2 Å². The number of nitrogens with zero attached hydrogens (tertiary/aromatic N) is 2. The number of para-hydroxylation sites is 1. The molecule has 0 bridgehead atoms. The normalized spacial score (nSPS) is 23.6. The van der Waals surface area contributed by atoms with Crippen LogP contribution in [0.15, 0.2) is 90.3 Å². The zero-order chi connectivity index (χ0) is 28.5. The summed E-state index contributed by atoms with van der Waals surface area (Å²) in [6.07, 6.45) is 3.72. The Kier molecular flexibility index (Phi) is 5.71. The van der Waals surface area contributed by atoms with E-state index in [4.69, 9.17) is 11.6 Å². The molecule has 1 saturated heterocycles. The van der Waals surface area contributed by atoms with Crippen LogP contribution in [0.2, 0.25) is 5.02 Å². The third kappa shape index (κ3) is 3.55. The molecule has 1 fully saturated rings. The number of carbonyl (C=O) groups is 3. The molecule has 3 aromatic carbocycles. The van der Waals surface area contributed by atoms with Gasteiger partial charge in [0, 0.05) is 34.1 Å². The van der Waals surface area contributed by atoms with Crippen LogP contribution in [0.3, 0.4) is 0 Å². The van der Waals surface area contributed by atoms with E-state index in [2.05, 4.69) is 5.32 Å². The molecule has 4 heterocycles. The average Bonchev–Trinajstić information content (AvgIpc) is 3.69. The van der Waals surface area contributed by atoms with Gasteiger partial charge in [0.15, 0.2) is 11.6 Å². The van der Waals surface area contributed by atoms with Crippen molar-refractivity contribution >= 4 is 63.5 Å². The summed E-state index contributed by atoms with van der Waals surface area (Å²) in [7, 11) is 0. The summed E-state index contributed by atoms with van der Waals surface area (Å²) in [6.45, 7) is 0. The number of benzene rings is 3. The number of anilines is 2. The zero-order valence-electron chi connectivity index (χ0n) is 21.2. The van der Waals surface area contributed by atoms with Crippen molar-refractivity contribution in [1.82, 2.24) is 0 Å². The molecule has 1 N–H and O–H groups in total. The van der Waals surface area contributed by atoms with Gasteiger partial charge in [0.25, 0.3) is 5.69 Å². The molecule has 4 atom stereocenters. The number of halogens is 1. The van der Waals surface area contributed by atoms with Crippen LogP contribution in [0.25, 0.3) is 6.08 Å². The van der Waals surface area contributed by atoms with Crippen molar-refractivity contribution in [3.63, 3.8) is 0 Å². The molecule has 0 saturated carbocycles. The number of nitro benzene ring substituents is 1. The van der Waals surface area contributed by atoms with Gasteiger partial charge in [-0.25, -0.2) is 0 Å². The molecule has 202 valence electrons. The molecule has 3 aliphatic heterocycles. The van der Waals surface area contributed by atoms with E-state index in [0.29, 0.717) is 26.8 Å². The Morgan fingerprint density at radius 3 is 2.61 bits per heavy atom. The van der Waals surface area contributed by atoms with Gasteiger partial charge in [-0.1, -0.05) is 60.2 Å². The Balaban J connectivity index is 1.54. The van der Waals surface area contributed by atoms with Crippen LogP contribution in [0, 0.1) is 16.0 Å². The molecule has 0 unspecified atom stereocenters. The smallest absolute Gasteiger partial charge is 0.270 e. The molecule has 0 aliphatic carbocycles. The van der Waals surface area contributed by atoms with Gasteiger partial charge in [0.05, 0.1) is 21.8 Å². The van der Waals surface area contributed by atoms with E-state index >= 15 is 0 Å². The van der Waals surface area contributed by atoms with Crippen LogP contribution in [0.4, 0.5) is 17.1 Å². The van der Waals surface area contributed by atoms with Crippen molar-refractivity contribution in [1.29, 1.82) is 0 Å². The van der Waals surface area contributed by atoms with E-state index in [0.717, 1.165) is 5.56 Å². The minimum Gasteiger partial charge on any atom is -0.352 e. The summed E-state index contributed by atoms with van der Waals surface area (Å²) in [4.78, 5) is 56.8. The molecule has 8 nitrogen and oxygen atoms in total. The van der Waals surface area contributed by atoms with Gasteiger partial charge >= 0.3 is 0 Å². The Morgan fingerprint density at radius 1 is 1.00 bits per heavy atom. The molecule has 1 aromatic heterocycles. The lowest BCUT2D eigenvalue weighted by atomic mass is 9.64. The topological polar surface area (TPSA) is 110 Å². The third-order valence-electron chi connectivity index (χ3n) is 8.25. The molecule has 10 heteroatoms. The van der Waals surface area contributed by atoms with Crippen molar-refractivity contribution in [2.45, 2.75) is 17.5 Å². The number of thiophene rings is 1. The van der Waals surface area contributed by atoms with Crippen LogP contribution in [-0.4, -0.2) is 34.5 Å². The van der Waals surface area contributed by atoms with Crippen LogP contribution >= 0.6 is 22.9 Å². The summed E-state index contributed by atoms with van der Waals surface area (Å²) >= 11 is 7.58. The number of nitro groups is 1. The highest BCUT2D eigenvalue weighted by atomic mass is 35.5. The number of non-ortho nitro benzene ring substituents is 1. The number of amides is 1. The second kappa shape index (κ2) is 9.22. The minimum absolute atomic E-state index is 0.0601. The van der Waals surface area contributed by atoms with E-state index in [1.165, 1.54) is 35.6 Å². The quantitative estimate of drug-likeness (QED) is 0.172. The summed E-state index contributed by atoms with van der Waals surface area (Å²) < 4.78 is 0. The number of rotatable bonds is 5. The van der Waals surface area contributed by atoms with Crippen molar-refractivity contribution in [3.8, 4) is 0 Å². The summed E-state index contributed by atoms with van der Waals surface area (Å²) in [5.74, 6) is -2.44. The maximum Gasteiger partial charge on any atom is 0.270 e. The predicted octanol–water partition coefficient (Wildman–Crippen LogP) is 6.17. The number of Topliss-reactive ketones (excluding diaryl/α,β-unsaturated/α-hetero) is 2. The second-order valence-corrected chi connectivity index (χ2v) is 11.6. The first-order valence-corrected chi connectivity index (χ1v) is 14.1. The van der Waals surface area contributed by atoms with E-state index in [1.807, 2.05) is 23.1 Å². The lowest BCUT2D eigenvalue weighted by Crippen LogP contribution is -2.51. The third-order valence-corrected chi connectivity index (χ3v) is 9.37. The van der Waals surface area contributed by atoms with Gasteiger partial charge in [-0.2, -0.15) is 0 Å². The van der Waals surface area contributed by atoms with Crippen LogP contribution in [0.1, 0.15) is 31.2 Å². The Bertz CT molecular complexity index is 1820. The fraction of sp³-hybridized carbons (Fsp3) is 0.129. The first kappa shape index (κ1) is 25.4. The van der Waals surface area contributed by atoms with Crippen LogP contribution in [0.5, 0.6) is 0 Å². The largest absolute Gasteiger partial charge is 0.352 e. The number of ketones is 2. The number of nitrogens with one attached hydrogen (secondary N) is 1. The lowest BCUT2D eigenvalue weighted by molar-refractivity contribution is -0.384. The van der Waals surface area contributed by atoms with Gasteiger partial charge in [-0.15, -0.1) is 11.3 Å². The van der Waals surface area contributed by atoms with E-state index in [9.17, 15) is 24.5 Å². The molecular weight excluding hydrogens is 562 g/mol. The van der Waals surface area contributed by atoms with Gasteiger partial charge in [-0.3, -0.25) is 24.5 Å². The second-order valence-electron chi connectivity index (χ2n) is 10.2. The van der Waals surface area contributed by atoms with Crippen molar-refractivity contribution < 1.29 is 19.3 Å². The highest BCUT2D eigenvalue weighted by molar-refractivity contribution is 7.12. The molecule has 4 aromatic rings. The SMILES string of the molecule is O=C(c1cccs1)[C@@H]1[C@@H](C(=O)c2cccc([N+](=O)[O-])c2)[C@]2(C(=O)Nc3ccccc32)[C@H]2C=Cc3cc(Cl)ccc3N12. The number of carbonyl (C=O) groups excluding carboxylic acids is 3. The Hall–Kier alpha value is -4.60. The molecular formula is C31H20ClN3O5S. The standard InChI is InChI=1S/C31H20ClN3O5S/c32-19-11-12-23-17(15-19)10-13-25-31(21-7-1-2-8-22(21)33-30(31)38)26(27(34(23)25)29(37)24-9-4-14-41-24)28(36)18-5-3-6-20(16-18)35(39)40/h1-16,25-27H,(H,33,38)/t25-,26+,27+,31-/m1/s1. The molecule has 41 heavy (non-hydrogen) atoms. The maximum absolute atomic E-state index is 14.7. The van der Waals surface area contributed by atoms with Crippen molar-refractivity contribution in [2.24, 2.45) is 5.92 Å². The Labute approximate surface area is 243 Å². The zero-order valence-corrected chi connectivity index (χ0v) is 22.8. The average molecular weight is 582 g/mol. The number of hydrogen-bond acceptors (Lipinski definition) is 7. The monoisotopic (exact) mass is 581 g/mol. The molecule has 1 spiro atoms. The van der Waals surface area contributed by atoms with Gasteiger partial charge in [-0.05, 0) is 46.8 Å². The van der Waals surface area contributed by atoms with E-state index in [1.54, 1.807) is 53.9 Å². The van der Waals surface area contributed by atoms with Crippen molar-refractivity contribution in [3.05, 3.63) is 127 Å². The molecule has 7 rings (SSSR count). The van der Waals surface area contributed by atoms with E-state index < -0.39 is 40.0 Å². The maximum atomic E-state index is 14.7. The highest BCUT2D eigenvalue weighted by Crippen LogP contribution is 2.58. The molecule has 3 aliphatic rings. The lowest BCUT2D eigenvalue weighted by Gasteiger charge is -2.37. The van der Waals surface area contributed by atoms with Crippen molar-refractivity contribution in [2.75, 3.05) is 10.2 Å².